The maximum atomic E-state index is 12.0. The standard InChI is InChI=1S/C26H19N5O4/c1-17-10-11-18-6-5-9-22(23(18)29-17)35-26-24(31(32)33)25(27-16-28-26)30-19-12-14-21(15-13-19)34-20-7-3-2-4-8-20/h2-16H,1H3,(H,27,28,30). The number of rotatable bonds is 7. The fourth-order valence-corrected chi connectivity index (χ4v) is 3.46. The SMILES string of the molecule is Cc1ccc2cccc(Oc3ncnc(Nc4ccc(Oc5ccccc5)cc4)c3[N+](=O)[O-])c2n1. The smallest absolute Gasteiger partial charge is 0.373 e. The van der Waals surface area contributed by atoms with E-state index < -0.39 is 4.92 Å². The Hall–Kier alpha value is -5.05. The van der Waals surface area contributed by atoms with Crippen LogP contribution >= 0.6 is 0 Å². The summed E-state index contributed by atoms with van der Waals surface area (Å²) in [4.78, 5) is 24.0. The van der Waals surface area contributed by atoms with E-state index in [1.54, 1.807) is 36.4 Å². The topological polar surface area (TPSA) is 112 Å². The minimum absolute atomic E-state index is 0.00102. The summed E-state index contributed by atoms with van der Waals surface area (Å²) in [6, 6.07) is 25.5. The van der Waals surface area contributed by atoms with Crippen molar-refractivity contribution in [2.24, 2.45) is 0 Å². The quantitative estimate of drug-likeness (QED) is 0.212. The minimum Gasteiger partial charge on any atom is -0.457 e. The normalized spacial score (nSPS) is 10.7. The van der Waals surface area contributed by atoms with Crippen LogP contribution in [0.4, 0.5) is 17.2 Å². The van der Waals surface area contributed by atoms with Gasteiger partial charge in [-0.05, 0) is 55.5 Å². The summed E-state index contributed by atoms with van der Waals surface area (Å²) in [5.74, 6) is 1.51. The van der Waals surface area contributed by atoms with E-state index in [4.69, 9.17) is 9.47 Å². The van der Waals surface area contributed by atoms with E-state index in [1.165, 1.54) is 6.33 Å². The third kappa shape index (κ3) is 4.83. The molecular formula is C26H19N5O4. The average Bonchev–Trinajstić information content (AvgIpc) is 2.86. The summed E-state index contributed by atoms with van der Waals surface area (Å²) in [5.41, 5.74) is 1.58. The highest BCUT2D eigenvalue weighted by molar-refractivity contribution is 5.85. The van der Waals surface area contributed by atoms with Crippen LogP contribution in [-0.2, 0) is 0 Å². The van der Waals surface area contributed by atoms with Crippen LogP contribution < -0.4 is 14.8 Å². The molecule has 9 nitrogen and oxygen atoms in total. The number of ether oxygens (including phenoxy) is 2. The molecule has 0 bridgehead atoms. The highest BCUT2D eigenvalue weighted by atomic mass is 16.6. The number of anilines is 2. The molecule has 0 radical (unpaired) electrons. The van der Waals surface area contributed by atoms with Crippen molar-refractivity contribution >= 4 is 28.1 Å². The number of hydrogen-bond acceptors (Lipinski definition) is 8. The van der Waals surface area contributed by atoms with E-state index in [9.17, 15) is 10.1 Å². The molecule has 0 fully saturated rings. The van der Waals surface area contributed by atoms with Gasteiger partial charge in [-0.25, -0.2) is 9.97 Å². The molecule has 35 heavy (non-hydrogen) atoms. The molecule has 5 rings (SSSR count). The van der Waals surface area contributed by atoms with E-state index in [1.807, 2.05) is 55.5 Å². The van der Waals surface area contributed by atoms with Crippen molar-refractivity contribution in [2.75, 3.05) is 5.32 Å². The van der Waals surface area contributed by atoms with Crippen molar-refractivity contribution < 1.29 is 14.4 Å². The van der Waals surface area contributed by atoms with Gasteiger partial charge < -0.3 is 14.8 Å². The Morgan fingerprint density at radius 2 is 1.60 bits per heavy atom. The van der Waals surface area contributed by atoms with E-state index in [0.717, 1.165) is 11.1 Å². The van der Waals surface area contributed by atoms with Gasteiger partial charge in [-0.3, -0.25) is 10.1 Å². The van der Waals surface area contributed by atoms with Crippen LogP contribution in [-0.4, -0.2) is 19.9 Å². The molecular weight excluding hydrogens is 446 g/mol. The third-order valence-corrected chi connectivity index (χ3v) is 5.10. The molecule has 5 aromatic rings. The molecule has 0 aliphatic rings. The van der Waals surface area contributed by atoms with Crippen LogP contribution in [0.2, 0.25) is 0 Å². The largest absolute Gasteiger partial charge is 0.457 e. The zero-order valence-corrected chi connectivity index (χ0v) is 18.6. The minimum atomic E-state index is -0.575. The summed E-state index contributed by atoms with van der Waals surface area (Å²) < 4.78 is 11.7. The van der Waals surface area contributed by atoms with E-state index in [0.29, 0.717) is 28.5 Å². The number of aromatic nitrogens is 3. The van der Waals surface area contributed by atoms with Crippen LogP contribution in [0.25, 0.3) is 10.9 Å². The Balaban J connectivity index is 1.42. The van der Waals surface area contributed by atoms with Gasteiger partial charge in [-0.2, -0.15) is 4.98 Å². The summed E-state index contributed by atoms with van der Waals surface area (Å²) >= 11 is 0. The maximum Gasteiger partial charge on any atom is 0.373 e. The molecule has 0 atom stereocenters. The number of pyridine rings is 1. The predicted octanol–water partition coefficient (Wildman–Crippen LogP) is 6.57. The number of hydrogen-bond donors (Lipinski definition) is 1. The van der Waals surface area contributed by atoms with Crippen LogP contribution in [0.3, 0.4) is 0 Å². The number of nitrogens with one attached hydrogen (secondary N) is 1. The summed E-state index contributed by atoms with van der Waals surface area (Å²) in [6.45, 7) is 1.86. The van der Waals surface area contributed by atoms with Gasteiger partial charge in [0, 0.05) is 16.8 Å². The number of aryl methyl sites for hydroxylation is 1. The molecule has 1 N–H and O–H groups in total. The van der Waals surface area contributed by atoms with Gasteiger partial charge in [0.05, 0.1) is 4.92 Å². The Morgan fingerprint density at radius 1 is 0.829 bits per heavy atom. The lowest BCUT2D eigenvalue weighted by Crippen LogP contribution is -2.04. The number of nitro groups is 1. The van der Waals surface area contributed by atoms with Gasteiger partial charge in [0.1, 0.15) is 23.3 Å². The molecule has 2 aromatic heterocycles. The average molecular weight is 465 g/mol. The lowest BCUT2D eigenvalue weighted by molar-refractivity contribution is -0.385. The molecule has 172 valence electrons. The molecule has 0 unspecified atom stereocenters. The van der Waals surface area contributed by atoms with Gasteiger partial charge in [-0.15, -0.1) is 0 Å². The van der Waals surface area contributed by atoms with Gasteiger partial charge in [0.2, 0.25) is 5.82 Å². The number of benzene rings is 3. The Labute approximate surface area is 200 Å². The second-order valence-electron chi connectivity index (χ2n) is 7.58. The first kappa shape index (κ1) is 21.8. The van der Waals surface area contributed by atoms with Gasteiger partial charge in [-0.1, -0.05) is 36.4 Å². The highest BCUT2D eigenvalue weighted by Gasteiger charge is 2.26. The first-order valence-corrected chi connectivity index (χ1v) is 10.7. The van der Waals surface area contributed by atoms with Gasteiger partial charge in [0.25, 0.3) is 0 Å². The fraction of sp³-hybridized carbons (Fsp3) is 0.0385. The van der Waals surface area contributed by atoms with Crippen LogP contribution in [0, 0.1) is 17.0 Å². The number of fused-ring (bicyclic) bond motifs is 1. The van der Waals surface area contributed by atoms with Crippen LogP contribution in [0.1, 0.15) is 5.69 Å². The van der Waals surface area contributed by atoms with Gasteiger partial charge in [0.15, 0.2) is 5.75 Å². The predicted molar refractivity (Wildman–Crippen MR) is 131 cm³/mol. The summed E-state index contributed by atoms with van der Waals surface area (Å²) in [5, 5.41) is 15.8. The lowest BCUT2D eigenvalue weighted by Gasteiger charge is -2.11. The van der Waals surface area contributed by atoms with Crippen molar-refractivity contribution in [1.29, 1.82) is 0 Å². The van der Waals surface area contributed by atoms with Crippen molar-refractivity contribution in [1.82, 2.24) is 15.0 Å². The van der Waals surface area contributed by atoms with Crippen LogP contribution in [0.5, 0.6) is 23.1 Å². The van der Waals surface area contributed by atoms with Crippen molar-refractivity contribution in [3.63, 3.8) is 0 Å². The molecule has 2 heterocycles. The number of para-hydroxylation sites is 2. The maximum absolute atomic E-state index is 12.0. The monoisotopic (exact) mass is 465 g/mol. The Bertz CT molecular complexity index is 1510. The third-order valence-electron chi connectivity index (χ3n) is 5.10. The Morgan fingerprint density at radius 3 is 2.37 bits per heavy atom. The molecule has 3 aromatic carbocycles. The summed E-state index contributed by atoms with van der Waals surface area (Å²) in [6.07, 6.45) is 1.21. The number of nitrogens with zero attached hydrogens (tertiary/aromatic N) is 4. The van der Waals surface area contributed by atoms with E-state index in [-0.39, 0.29) is 17.4 Å². The lowest BCUT2D eigenvalue weighted by atomic mass is 10.2. The zero-order chi connectivity index (χ0) is 24.2. The van der Waals surface area contributed by atoms with E-state index >= 15 is 0 Å². The molecule has 0 saturated heterocycles. The van der Waals surface area contributed by atoms with Crippen molar-refractivity contribution in [2.45, 2.75) is 6.92 Å². The Kier molecular flexibility index (Phi) is 5.87. The van der Waals surface area contributed by atoms with Crippen molar-refractivity contribution in [3.05, 3.63) is 107 Å². The highest BCUT2D eigenvalue weighted by Crippen LogP contribution is 2.37. The molecule has 0 aliphatic carbocycles. The van der Waals surface area contributed by atoms with Crippen molar-refractivity contribution in [3.8, 4) is 23.1 Å². The van der Waals surface area contributed by atoms with Crippen LogP contribution in [0.15, 0.2) is 91.3 Å². The second-order valence-corrected chi connectivity index (χ2v) is 7.58. The molecule has 0 amide bonds. The first-order chi connectivity index (χ1) is 17.1. The molecule has 9 heteroatoms. The molecule has 0 spiro atoms. The summed E-state index contributed by atoms with van der Waals surface area (Å²) in [7, 11) is 0. The second kappa shape index (κ2) is 9.44. The first-order valence-electron chi connectivity index (χ1n) is 10.7. The molecule has 0 aliphatic heterocycles. The van der Waals surface area contributed by atoms with Gasteiger partial charge >= 0.3 is 11.6 Å². The fourth-order valence-electron chi connectivity index (χ4n) is 3.46. The molecule has 0 saturated carbocycles. The zero-order valence-electron chi connectivity index (χ0n) is 18.6. The van der Waals surface area contributed by atoms with E-state index in [2.05, 4.69) is 20.3 Å².